The van der Waals surface area contributed by atoms with Crippen molar-refractivity contribution in [2.75, 3.05) is 18.0 Å². The number of anilines is 1. The predicted molar refractivity (Wildman–Crippen MR) is 108 cm³/mol. The summed E-state index contributed by atoms with van der Waals surface area (Å²) in [4.78, 5) is 28.1. The first-order valence-corrected chi connectivity index (χ1v) is 10.2. The number of hydrazine groups is 1. The molecule has 3 aliphatic rings. The minimum absolute atomic E-state index is 0.157. The van der Waals surface area contributed by atoms with Crippen molar-refractivity contribution in [2.45, 2.75) is 25.4 Å². The number of nitrogens with zero attached hydrogens (tertiary/aromatic N) is 3. The number of halogens is 2. The molecular formula is C21H19Cl2N3O2. The number of para-hydroxylation sites is 1. The van der Waals surface area contributed by atoms with Crippen LogP contribution in [0.4, 0.5) is 5.69 Å². The van der Waals surface area contributed by atoms with Gasteiger partial charge < -0.3 is 0 Å². The van der Waals surface area contributed by atoms with Crippen LogP contribution in [-0.4, -0.2) is 41.0 Å². The van der Waals surface area contributed by atoms with Crippen LogP contribution in [0.5, 0.6) is 0 Å². The molecular weight excluding hydrogens is 397 g/mol. The number of rotatable bonds is 2. The fourth-order valence-corrected chi connectivity index (χ4v) is 5.37. The standard InChI is InChI=1S/C21H19Cl2N3O2/c1-12-6-8-13(9-7-12)17-16-19(25-11-3-10-24(17)25)21(28)26(20(16)27)18-14(22)4-2-5-15(18)23/h2,4-9,16-17,19H,3,10-11H2,1H3/t16-,17-,19+/m0/s1. The van der Waals surface area contributed by atoms with E-state index < -0.39 is 12.0 Å². The highest BCUT2D eigenvalue weighted by molar-refractivity contribution is 6.42. The van der Waals surface area contributed by atoms with Gasteiger partial charge in [-0.2, -0.15) is 0 Å². The molecule has 3 atom stereocenters. The van der Waals surface area contributed by atoms with Crippen LogP contribution in [0.2, 0.25) is 10.0 Å². The van der Waals surface area contributed by atoms with Crippen LogP contribution in [-0.2, 0) is 9.59 Å². The van der Waals surface area contributed by atoms with E-state index in [0.29, 0.717) is 15.7 Å². The number of amides is 2. The molecule has 3 aliphatic heterocycles. The monoisotopic (exact) mass is 415 g/mol. The van der Waals surface area contributed by atoms with Crippen molar-refractivity contribution in [1.29, 1.82) is 0 Å². The first-order chi connectivity index (χ1) is 13.5. The predicted octanol–water partition coefficient (Wildman–Crippen LogP) is 3.84. The Hall–Kier alpha value is -1.92. The highest BCUT2D eigenvalue weighted by Gasteiger charge is 2.63. The summed E-state index contributed by atoms with van der Waals surface area (Å²) in [5.41, 5.74) is 2.51. The molecule has 3 heterocycles. The molecule has 0 N–H and O–H groups in total. The van der Waals surface area contributed by atoms with Gasteiger partial charge in [-0.05, 0) is 31.0 Å². The van der Waals surface area contributed by atoms with Gasteiger partial charge in [-0.3, -0.25) is 9.59 Å². The number of imide groups is 1. The largest absolute Gasteiger partial charge is 0.274 e. The summed E-state index contributed by atoms with van der Waals surface area (Å²) in [5.74, 6) is -0.945. The van der Waals surface area contributed by atoms with Crippen molar-refractivity contribution < 1.29 is 9.59 Å². The Kier molecular flexibility index (Phi) is 4.25. The zero-order valence-corrected chi connectivity index (χ0v) is 16.8. The number of hydrogen-bond donors (Lipinski definition) is 0. The summed E-state index contributed by atoms with van der Waals surface area (Å²) in [6.45, 7) is 3.65. The van der Waals surface area contributed by atoms with Crippen molar-refractivity contribution in [2.24, 2.45) is 5.92 Å². The minimum atomic E-state index is -0.506. The Balaban J connectivity index is 1.62. The number of benzene rings is 2. The van der Waals surface area contributed by atoms with E-state index in [9.17, 15) is 9.59 Å². The summed E-state index contributed by atoms with van der Waals surface area (Å²) in [5, 5.41) is 4.88. The van der Waals surface area contributed by atoms with Crippen LogP contribution in [0.25, 0.3) is 0 Å². The van der Waals surface area contributed by atoms with E-state index in [1.54, 1.807) is 18.2 Å². The van der Waals surface area contributed by atoms with Crippen LogP contribution < -0.4 is 4.90 Å². The smallest absolute Gasteiger partial charge is 0.253 e. The lowest BCUT2D eigenvalue weighted by atomic mass is 9.89. The van der Waals surface area contributed by atoms with Crippen molar-refractivity contribution in [1.82, 2.24) is 10.0 Å². The Morgan fingerprint density at radius 1 is 0.857 bits per heavy atom. The molecule has 2 aromatic carbocycles. The second-order valence-corrected chi connectivity index (χ2v) is 8.40. The van der Waals surface area contributed by atoms with Gasteiger partial charge in [0.2, 0.25) is 5.91 Å². The normalized spacial score (nSPS) is 27.5. The van der Waals surface area contributed by atoms with Crippen LogP contribution in [0, 0.1) is 12.8 Å². The Labute approximate surface area is 173 Å². The molecule has 144 valence electrons. The number of hydrogen-bond acceptors (Lipinski definition) is 4. The zero-order valence-electron chi connectivity index (χ0n) is 15.3. The molecule has 28 heavy (non-hydrogen) atoms. The Bertz CT molecular complexity index is 958. The number of fused-ring (bicyclic) bond motifs is 3. The van der Waals surface area contributed by atoms with Crippen LogP contribution in [0.3, 0.4) is 0 Å². The lowest BCUT2D eigenvalue weighted by molar-refractivity contribution is -0.126. The van der Waals surface area contributed by atoms with E-state index in [0.717, 1.165) is 30.6 Å². The van der Waals surface area contributed by atoms with Crippen molar-refractivity contribution in [3.05, 3.63) is 63.6 Å². The summed E-state index contributed by atoms with van der Waals surface area (Å²) in [7, 11) is 0. The minimum Gasteiger partial charge on any atom is -0.274 e. The van der Waals surface area contributed by atoms with Gasteiger partial charge in [0.1, 0.15) is 6.04 Å². The van der Waals surface area contributed by atoms with Gasteiger partial charge in [-0.15, -0.1) is 0 Å². The number of carbonyl (C=O) groups is 2. The molecule has 0 aromatic heterocycles. The van der Waals surface area contributed by atoms with Gasteiger partial charge in [0.25, 0.3) is 5.91 Å². The van der Waals surface area contributed by atoms with Crippen molar-refractivity contribution in [3.8, 4) is 0 Å². The maximum atomic E-state index is 13.5. The van der Waals surface area contributed by atoms with Gasteiger partial charge in [0, 0.05) is 13.1 Å². The topological polar surface area (TPSA) is 43.9 Å². The molecule has 0 aliphatic carbocycles. The molecule has 0 radical (unpaired) electrons. The van der Waals surface area contributed by atoms with Gasteiger partial charge in [0.15, 0.2) is 0 Å². The second-order valence-electron chi connectivity index (χ2n) is 7.59. The number of aryl methyl sites for hydroxylation is 1. The zero-order chi connectivity index (χ0) is 19.6. The molecule has 0 saturated carbocycles. The van der Waals surface area contributed by atoms with E-state index in [2.05, 4.69) is 22.2 Å². The molecule has 0 spiro atoms. The fourth-order valence-electron chi connectivity index (χ4n) is 4.80. The van der Waals surface area contributed by atoms with Gasteiger partial charge in [0.05, 0.1) is 27.7 Å². The summed E-state index contributed by atoms with van der Waals surface area (Å²) < 4.78 is 0. The Morgan fingerprint density at radius 2 is 1.46 bits per heavy atom. The third-order valence-corrected chi connectivity index (χ3v) is 6.60. The maximum Gasteiger partial charge on any atom is 0.253 e. The first kappa shape index (κ1) is 18.1. The molecule has 7 heteroatoms. The van der Waals surface area contributed by atoms with Gasteiger partial charge in [-0.25, -0.2) is 14.9 Å². The maximum absolute atomic E-state index is 13.5. The summed E-state index contributed by atoms with van der Waals surface area (Å²) in [6.07, 6.45) is 0.972. The highest BCUT2D eigenvalue weighted by Crippen LogP contribution is 2.50. The van der Waals surface area contributed by atoms with E-state index in [1.165, 1.54) is 4.90 Å². The lowest BCUT2D eigenvalue weighted by Crippen LogP contribution is -2.44. The Morgan fingerprint density at radius 3 is 2.11 bits per heavy atom. The second kappa shape index (κ2) is 6.56. The quantitative estimate of drug-likeness (QED) is 0.698. The average Bonchev–Trinajstić information content (AvgIpc) is 3.30. The molecule has 3 fully saturated rings. The third-order valence-electron chi connectivity index (χ3n) is 5.99. The molecule has 2 aromatic rings. The SMILES string of the molecule is Cc1ccc([C@H]2[C@@H]3C(=O)N(c4c(Cl)cccc4Cl)C(=O)[C@@H]3N3CCCN23)cc1. The highest BCUT2D eigenvalue weighted by atomic mass is 35.5. The number of carbonyl (C=O) groups excluding carboxylic acids is 2. The van der Waals surface area contributed by atoms with Gasteiger partial charge >= 0.3 is 0 Å². The molecule has 5 nitrogen and oxygen atoms in total. The van der Waals surface area contributed by atoms with Crippen LogP contribution in [0.1, 0.15) is 23.6 Å². The summed E-state index contributed by atoms with van der Waals surface area (Å²) >= 11 is 12.6. The molecule has 0 unspecified atom stereocenters. The molecule has 3 saturated heterocycles. The van der Waals surface area contributed by atoms with E-state index in [1.807, 2.05) is 19.1 Å². The van der Waals surface area contributed by atoms with Gasteiger partial charge in [-0.1, -0.05) is 59.1 Å². The van der Waals surface area contributed by atoms with Crippen LogP contribution >= 0.6 is 23.2 Å². The van der Waals surface area contributed by atoms with E-state index >= 15 is 0 Å². The molecule has 2 amide bonds. The third kappa shape index (κ3) is 2.47. The van der Waals surface area contributed by atoms with Crippen molar-refractivity contribution in [3.63, 3.8) is 0 Å². The van der Waals surface area contributed by atoms with E-state index in [4.69, 9.17) is 23.2 Å². The lowest BCUT2D eigenvalue weighted by Gasteiger charge is -2.30. The average molecular weight is 416 g/mol. The van der Waals surface area contributed by atoms with E-state index in [-0.39, 0.29) is 17.9 Å². The fraction of sp³-hybridized carbons (Fsp3) is 0.333. The molecule has 5 rings (SSSR count). The first-order valence-electron chi connectivity index (χ1n) is 9.40. The van der Waals surface area contributed by atoms with Crippen molar-refractivity contribution >= 4 is 40.7 Å². The molecule has 0 bridgehead atoms. The van der Waals surface area contributed by atoms with Crippen LogP contribution in [0.15, 0.2) is 42.5 Å². The summed E-state index contributed by atoms with van der Waals surface area (Å²) in [6, 6.07) is 12.6.